The highest BCUT2D eigenvalue weighted by Gasteiger charge is 2.16. The fourth-order valence-corrected chi connectivity index (χ4v) is 2.64. The number of nitrogens with one attached hydrogen (secondary N) is 1. The van der Waals surface area contributed by atoms with E-state index in [0.717, 1.165) is 12.0 Å². The largest absolute Gasteiger partial charge is 0.356 e. The smallest absolute Gasteiger partial charge is 0.242 e. The van der Waals surface area contributed by atoms with Gasteiger partial charge in [0.1, 0.15) is 0 Å². The zero-order chi connectivity index (χ0) is 16.0. The Bertz CT molecular complexity index is 563. The molecular weight excluding hydrogens is 288 g/mol. The van der Waals surface area contributed by atoms with E-state index in [4.69, 9.17) is 0 Å². The monoisotopic (exact) mass is 312 g/mol. The van der Waals surface area contributed by atoms with E-state index in [-0.39, 0.29) is 17.2 Å². The van der Waals surface area contributed by atoms with Crippen molar-refractivity contribution in [3.8, 4) is 0 Å². The normalized spacial score (nSPS) is 11.9. The number of hydrogen-bond donors (Lipinski definition) is 1. The van der Waals surface area contributed by atoms with Crippen LogP contribution in [0.4, 0.5) is 0 Å². The summed E-state index contributed by atoms with van der Waals surface area (Å²) in [4.78, 5) is 12.0. The van der Waals surface area contributed by atoms with Crippen molar-refractivity contribution in [3.05, 3.63) is 29.8 Å². The molecule has 0 saturated carbocycles. The second-order valence-electron chi connectivity index (χ2n) is 5.64. The van der Waals surface area contributed by atoms with Gasteiger partial charge in [0, 0.05) is 20.6 Å². The van der Waals surface area contributed by atoms with Crippen LogP contribution in [0.25, 0.3) is 0 Å². The summed E-state index contributed by atoms with van der Waals surface area (Å²) < 4.78 is 25.0. The molecule has 0 spiro atoms. The number of sulfonamides is 1. The zero-order valence-corrected chi connectivity index (χ0v) is 13.9. The zero-order valence-electron chi connectivity index (χ0n) is 13.1. The number of benzene rings is 1. The van der Waals surface area contributed by atoms with Gasteiger partial charge in [0.25, 0.3) is 0 Å². The van der Waals surface area contributed by atoms with Crippen LogP contribution in [0.15, 0.2) is 29.2 Å². The molecule has 21 heavy (non-hydrogen) atoms. The maximum absolute atomic E-state index is 11.9. The first-order valence-electron chi connectivity index (χ1n) is 7.01. The molecule has 0 aliphatic rings. The molecule has 0 aliphatic heterocycles. The molecular formula is C15H24N2O3S. The minimum atomic E-state index is -3.41. The van der Waals surface area contributed by atoms with Gasteiger partial charge in [-0.1, -0.05) is 26.0 Å². The summed E-state index contributed by atoms with van der Waals surface area (Å²) in [5, 5.41) is 2.86. The van der Waals surface area contributed by atoms with Crippen LogP contribution in [0.1, 0.15) is 25.8 Å². The molecule has 0 heterocycles. The Morgan fingerprint density at radius 3 is 2.24 bits per heavy atom. The lowest BCUT2D eigenvalue weighted by Gasteiger charge is -2.11. The fourth-order valence-electron chi connectivity index (χ4n) is 1.74. The molecule has 6 heteroatoms. The molecule has 1 aromatic rings. The number of carbonyl (C=O) groups is 1. The molecule has 0 saturated heterocycles. The Kier molecular flexibility index (Phi) is 6.36. The Morgan fingerprint density at radius 1 is 1.19 bits per heavy atom. The van der Waals surface area contributed by atoms with Gasteiger partial charge in [-0.3, -0.25) is 4.79 Å². The second kappa shape index (κ2) is 7.56. The van der Waals surface area contributed by atoms with Gasteiger partial charge in [-0.2, -0.15) is 0 Å². The first-order valence-corrected chi connectivity index (χ1v) is 8.45. The fraction of sp³-hybridized carbons (Fsp3) is 0.533. The lowest BCUT2D eigenvalue weighted by molar-refractivity contribution is -0.120. The van der Waals surface area contributed by atoms with Crippen LogP contribution in [-0.2, 0) is 21.2 Å². The highest BCUT2D eigenvalue weighted by Crippen LogP contribution is 2.14. The average Bonchev–Trinajstić information content (AvgIpc) is 2.38. The summed E-state index contributed by atoms with van der Waals surface area (Å²) in [5.41, 5.74) is 0.801. The van der Waals surface area contributed by atoms with E-state index in [0.29, 0.717) is 12.5 Å². The highest BCUT2D eigenvalue weighted by atomic mass is 32.2. The summed E-state index contributed by atoms with van der Waals surface area (Å²) in [6, 6.07) is 6.43. The molecule has 1 rings (SSSR count). The predicted octanol–water partition coefficient (Wildman–Crippen LogP) is 1.64. The van der Waals surface area contributed by atoms with Gasteiger partial charge in [0.15, 0.2) is 0 Å². The van der Waals surface area contributed by atoms with Crippen molar-refractivity contribution >= 4 is 15.9 Å². The summed E-state index contributed by atoms with van der Waals surface area (Å²) in [6.07, 6.45) is 1.21. The minimum absolute atomic E-state index is 0.0427. The molecule has 118 valence electrons. The standard InChI is InChI=1S/C15H24N2O3S/c1-12(2)9-10-16-15(18)11-13-5-7-14(8-6-13)21(19,20)17(3)4/h5-8,12H,9-11H2,1-4H3,(H,16,18). The van der Waals surface area contributed by atoms with Gasteiger partial charge < -0.3 is 5.32 Å². The summed E-state index contributed by atoms with van der Waals surface area (Å²) in [5.74, 6) is 0.514. The van der Waals surface area contributed by atoms with Crippen LogP contribution in [0.2, 0.25) is 0 Å². The maximum atomic E-state index is 11.9. The van der Waals surface area contributed by atoms with E-state index in [9.17, 15) is 13.2 Å². The number of hydrogen-bond acceptors (Lipinski definition) is 3. The van der Waals surface area contributed by atoms with Crippen LogP contribution >= 0.6 is 0 Å². The van der Waals surface area contributed by atoms with E-state index in [1.54, 1.807) is 12.1 Å². The van der Waals surface area contributed by atoms with Crippen molar-refractivity contribution in [2.45, 2.75) is 31.6 Å². The highest BCUT2D eigenvalue weighted by molar-refractivity contribution is 7.89. The number of rotatable bonds is 7. The molecule has 5 nitrogen and oxygen atoms in total. The molecule has 1 aromatic carbocycles. The first kappa shape index (κ1) is 17.7. The molecule has 0 radical (unpaired) electrons. The molecule has 1 N–H and O–H groups in total. The Morgan fingerprint density at radius 2 is 1.76 bits per heavy atom. The SMILES string of the molecule is CC(C)CCNC(=O)Cc1ccc(S(=O)(=O)N(C)C)cc1. The third-order valence-electron chi connectivity index (χ3n) is 3.11. The van der Waals surface area contributed by atoms with Crippen molar-refractivity contribution in [2.75, 3.05) is 20.6 Å². The van der Waals surface area contributed by atoms with E-state index in [1.807, 2.05) is 0 Å². The molecule has 0 aliphatic carbocycles. The van der Waals surface area contributed by atoms with Gasteiger partial charge in [-0.15, -0.1) is 0 Å². The molecule has 1 amide bonds. The Balaban J connectivity index is 2.61. The topological polar surface area (TPSA) is 66.5 Å². The van der Waals surface area contributed by atoms with Gasteiger partial charge in [-0.05, 0) is 30.0 Å². The van der Waals surface area contributed by atoms with Gasteiger partial charge in [0.2, 0.25) is 15.9 Å². The van der Waals surface area contributed by atoms with Crippen molar-refractivity contribution in [1.29, 1.82) is 0 Å². The van der Waals surface area contributed by atoms with E-state index < -0.39 is 10.0 Å². The van der Waals surface area contributed by atoms with Gasteiger partial charge in [-0.25, -0.2) is 12.7 Å². The van der Waals surface area contributed by atoms with Crippen molar-refractivity contribution in [3.63, 3.8) is 0 Å². The molecule has 0 atom stereocenters. The van der Waals surface area contributed by atoms with Crippen LogP contribution < -0.4 is 5.32 Å². The Hall–Kier alpha value is -1.40. The van der Waals surface area contributed by atoms with Crippen LogP contribution in [0.3, 0.4) is 0 Å². The van der Waals surface area contributed by atoms with Crippen LogP contribution in [-0.4, -0.2) is 39.3 Å². The molecule has 0 fully saturated rings. The minimum Gasteiger partial charge on any atom is -0.356 e. The first-order chi connectivity index (χ1) is 9.73. The van der Waals surface area contributed by atoms with Crippen LogP contribution in [0, 0.1) is 5.92 Å². The van der Waals surface area contributed by atoms with E-state index in [1.165, 1.54) is 30.5 Å². The van der Waals surface area contributed by atoms with E-state index >= 15 is 0 Å². The lowest BCUT2D eigenvalue weighted by Crippen LogP contribution is -2.27. The summed E-state index contributed by atoms with van der Waals surface area (Å²) in [7, 11) is -0.430. The molecule has 0 bridgehead atoms. The number of nitrogens with zero attached hydrogens (tertiary/aromatic N) is 1. The van der Waals surface area contributed by atoms with Crippen molar-refractivity contribution in [2.24, 2.45) is 5.92 Å². The van der Waals surface area contributed by atoms with Crippen LogP contribution in [0.5, 0.6) is 0 Å². The summed E-state index contributed by atoms with van der Waals surface area (Å²) in [6.45, 7) is 4.88. The molecule has 0 aromatic heterocycles. The maximum Gasteiger partial charge on any atom is 0.242 e. The predicted molar refractivity (Wildman–Crippen MR) is 83.5 cm³/mol. The van der Waals surface area contributed by atoms with Gasteiger partial charge in [0.05, 0.1) is 11.3 Å². The summed E-state index contributed by atoms with van der Waals surface area (Å²) >= 11 is 0. The van der Waals surface area contributed by atoms with Crippen molar-refractivity contribution < 1.29 is 13.2 Å². The van der Waals surface area contributed by atoms with Crippen molar-refractivity contribution in [1.82, 2.24) is 9.62 Å². The van der Waals surface area contributed by atoms with E-state index in [2.05, 4.69) is 19.2 Å². The Labute approximate surface area is 127 Å². The third kappa shape index (κ3) is 5.47. The quantitative estimate of drug-likeness (QED) is 0.832. The average molecular weight is 312 g/mol. The third-order valence-corrected chi connectivity index (χ3v) is 4.94. The second-order valence-corrected chi connectivity index (χ2v) is 7.79. The lowest BCUT2D eigenvalue weighted by atomic mass is 10.1. The number of amides is 1. The molecule has 0 unspecified atom stereocenters. The van der Waals surface area contributed by atoms with Gasteiger partial charge >= 0.3 is 0 Å². The number of carbonyl (C=O) groups excluding carboxylic acids is 1.